The molecule has 2 atom stereocenters. The van der Waals surface area contributed by atoms with Crippen LogP contribution in [0.25, 0.3) is 95.4 Å². The average molecular weight is 1570 g/mol. The maximum atomic E-state index is 15.0. The maximum absolute atomic E-state index is 15.0. The van der Waals surface area contributed by atoms with E-state index in [2.05, 4.69) is 75.0 Å². The summed E-state index contributed by atoms with van der Waals surface area (Å²) >= 11 is 35.2. The van der Waals surface area contributed by atoms with Gasteiger partial charge in [0.1, 0.15) is 46.5 Å². The summed E-state index contributed by atoms with van der Waals surface area (Å²) in [5.74, 6) is 0.154. The van der Waals surface area contributed by atoms with E-state index in [4.69, 9.17) is 55.2 Å². The summed E-state index contributed by atoms with van der Waals surface area (Å²) in [5, 5.41) is 45.7. The van der Waals surface area contributed by atoms with Crippen molar-refractivity contribution in [2.45, 2.75) is 260 Å². The molecule has 105 heavy (non-hydrogen) atoms. The van der Waals surface area contributed by atoms with Crippen molar-refractivity contribution < 1.29 is 9.59 Å². The van der Waals surface area contributed by atoms with Crippen LogP contribution in [0.3, 0.4) is 0 Å². The number of halogens is 4. The van der Waals surface area contributed by atoms with Crippen molar-refractivity contribution in [3.05, 3.63) is 110 Å². The fraction of sp³-hybridized carbons (Fsp3) is 0.488. The van der Waals surface area contributed by atoms with Crippen LogP contribution in [0.5, 0.6) is 0 Å². The van der Waals surface area contributed by atoms with Crippen molar-refractivity contribution in [3.63, 3.8) is 0 Å². The van der Waals surface area contributed by atoms with E-state index in [1.807, 2.05) is 34.8 Å². The molecule has 0 radical (unpaired) electrons. The van der Waals surface area contributed by atoms with E-state index in [0.29, 0.717) is 45.2 Å². The van der Waals surface area contributed by atoms with Crippen LogP contribution in [0.2, 0.25) is 20.1 Å². The largest absolute Gasteiger partial charge is 0.337 e. The predicted molar refractivity (Wildman–Crippen MR) is 451 cm³/mol. The number of aromatic nitrogens is 4. The molecule has 0 bridgehead atoms. The summed E-state index contributed by atoms with van der Waals surface area (Å²) in [5.41, 5.74) is 11.4. The minimum Gasteiger partial charge on any atom is -0.337 e. The zero-order chi connectivity index (χ0) is 74.0. The standard InChI is InChI=1S/C86H94Cl4N8O2S5/c1-7-13-19-23-25-27-31-37-55-67(43-61-69(53(45-91)46-92)57-39-63(87)65(89)41-59(57)79(61)99)101-85-77-83(103-81(55)85)71-73-74(96-105-95-73)72-76(75(71)97(77)49-51(33-17-11-5)35-29-21-15-9-3)98(50-52(34-18-12-6)36-30-22-16-10-4)78-84(72)104-82-56(38-32-28-26-24-20-14-8-2)68(102-86(78)82)44-62-70(54(47-93)48-94)58-40-64(88)66(90)42-60(58)80(62)100/h39-44,51-52H,7-38,49-50H2,1-6H3. The van der Waals surface area contributed by atoms with Crippen LogP contribution < -0.4 is 0 Å². The molecule has 0 aliphatic heterocycles. The number of nitriles is 4. The number of fused-ring (bicyclic) bond motifs is 16. The Labute approximate surface area is 659 Å². The molecule has 2 unspecified atom stereocenters. The Morgan fingerprint density at radius 1 is 0.410 bits per heavy atom. The first-order chi connectivity index (χ1) is 51.2. The lowest BCUT2D eigenvalue weighted by Gasteiger charge is -2.22. The lowest BCUT2D eigenvalue weighted by Crippen LogP contribution is -2.14. The third-order valence-electron chi connectivity index (χ3n) is 21.9. The third-order valence-corrected chi connectivity index (χ3v) is 29.0. The molecule has 2 aliphatic rings. The van der Waals surface area contributed by atoms with Gasteiger partial charge in [-0.25, -0.2) is 0 Å². The molecule has 0 saturated heterocycles. The first kappa shape index (κ1) is 78.4. The van der Waals surface area contributed by atoms with Crippen LogP contribution in [0, 0.1) is 57.2 Å². The molecule has 0 amide bonds. The van der Waals surface area contributed by atoms with Crippen LogP contribution in [-0.2, 0) is 25.9 Å². The number of ketones is 2. The summed E-state index contributed by atoms with van der Waals surface area (Å²) in [4.78, 5) is 32.0. The van der Waals surface area contributed by atoms with Crippen molar-refractivity contribution in [1.82, 2.24) is 17.9 Å². The molecule has 19 heteroatoms. The van der Waals surface area contributed by atoms with Gasteiger partial charge in [-0.3, -0.25) is 9.59 Å². The predicted octanol–water partition coefficient (Wildman–Crippen LogP) is 29.4. The number of thiophene rings is 4. The summed E-state index contributed by atoms with van der Waals surface area (Å²) in [6, 6.07) is 15.0. The van der Waals surface area contributed by atoms with Gasteiger partial charge in [-0.05, 0) is 122 Å². The molecular weight excluding hydrogens is 1480 g/mol. The van der Waals surface area contributed by atoms with E-state index in [1.54, 1.807) is 46.9 Å². The molecule has 10 aromatic rings. The Morgan fingerprint density at radius 2 is 0.733 bits per heavy atom. The molecule has 2 aliphatic carbocycles. The van der Waals surface area contributed by atoms with E-state index in [9.17, 15) is 21.0 Å². The molecule has 0 saturated carbocycles. The molecule has 3 aromatic carbocycles. The summed E-state index contributed by atoms with van der Waals surface area (Å²) < 4.78 is 23.5. The Balaban J connectivity index is 1.19. The fourth-order valence-corrected chi connectivity index (χ4v) is 23.6. The molecule has 0 spiro atoms. The third kappa shape index (κ3) is 15.9. The van der Waals surface area contributed by atoms with Crippen molar-refractivity contribution in [3.8, 4) is 24.3 Å². The van der Waals surface area contributed by atoms with Crippen LogP contribution in [0.1, 0.15) is 287 Å². The Hall–Kier alpha value is -6.18. The average Bonchev–Trinajstić information content (AvgIpc) is 1.50. The van der Waals surface area contributed by atoms with Gasteiger partial charge in [-0.15, -0.1) is 45.3 Å². The highest BCUT2D eigenvalue weighted by atomic mass is 35.5. The number of nitrogens with zero attached hydrogens (tertiary/aromatic N) is 8. The van der Waals surface area contributed by atoms with Crippen LogP contribution in [0.15, 0.2) is 46.6 Å². The number of benzene rings is 3. The van der Waals surface area contributed by atoms with E-state index in [1.165, 1.54) is 150 Å². The normalized spacial score (nSPS) is 14.5. The van der Waals surface area contributed by atoms with Crippen molar-refractivity contribution in [2.24, 2.45) is 11.8 Å². The number of carbonyl (C=O) groups excluding carboxylic acids is 2. The molecular formula is C86H94Cl4N8O2S5. The highest BCUT2D eigenvalue weighted by Crippen LogP contribution is 2.57. The molecule has 0 N–H and O–H groups in total. The maximum Gasteiger partial charge on any atom is 0.194 e. The molecule has 548 valence electrons. The van der Waals surface area contributed by atoms with E-state index >= 15 is 9.59 Å². The summed E-state index contributed by atoms with van der Waals surface area (Å²) in [7, 11) is 0. The van der Waals surface area contributed by atoms with Crippen LogP contribution in [-0.4, -0.2) is 29.4 Å². The second-order valence-corrected chi connectivity index (χ2v) is 35.5. The van der Waals surface area contributed by atoms with E-state index in [-0.39, 0.29) is 53.9 Å². The number of Topliss-reactive ketones (excluding diaryl/α,β-unsaturated/α-hetero) is 2. The highest BCUT2D eigenvalue weighted by Gasteiger charge is 2.38. The topological polar surface area (TPSA) is 165 Å². The lowest BCUT2D eigenvalue weighted by molar-refractivity contribution is 0.103. The van der Waals surface area contributed by atoms with Crippen LogP contribution >= 0.6 is 103 Å². The number of allylic oxidation sites excluding steroid dienone is 6. The first-order valence-electron chi connectivity index (χ1n) is 38.9. The number of carbonyl (C=O) groups is 2. The van der Waals surface area contributed by atoms with Crippen molar-refractivity contribution in [2.75, 3.05) is 0 Å². The molecule has 7 aromatic heterocycles. The second-order valence-electron chi connectivity index (χ2n) is 29.2. The van der Waals surface area contributed by atoms with Gasteiger partial charge >= 0.3 is 0 Å². The smallest absolute Gasteiger partial charge is 0.194 e. The van der Waals surface area contributed by atoms with Gasteiger partial charge in [0.05, 0.1) is 82.1 Å². The number of unbranched alkanes of at least 4 members (excludes halogenated alkanes) is 20. The number of aryl methyl sites for hydroxylation is 2. The minimum atomic E-state index is -0.291. The Kier molecular flexibility index (Phi) is 27.1. The minimum absolute atomic E-state index is 0.149. The SMILES string of the molecule is CCCCCCCCCc1c(C=C2C(=O)c3cc(Cl)c(Cl)cc3C2=C(C#N)C#N)sc2c1sc1c3c4nsnc4c4c5sc6c(CCCCCCCCC)c(C=C7C(=O)c8cc(Cl)c(Cl)cc8C7=C(C#N)C#N)sc6c5n(CC(CCCC)CCCCCC)c4c3n(CC(CCCC)CCCCCC)c21. The van der Waals surface area contributed by atoms with Gasteiger partial charge in [-0.1, -0.05) is 242 Å². The molecule has 10 nitrogen and oxygen atoms in total. The fourth-order valence-electron chi connectivity index (χ4n) is 16.5. The number of hydrogen-bond acceptors (Lipinski definition) is 13. The summed E-state index contributed by atoms with van der Waals surface area (Å²) in [6.45, 7) is 15.3. The molecule has 7 heterocycles. The van der Waals surface area contributed by atoms with Gasteiger partial charge in [0.15, 0.2) is 11.6 Å². The monoisotopic (exact) mass is 1570 g/mol. The van der Waals surface area contributed by atoms with E-state index in [0.717, 1.165) is 173 Å². The van der Waals surface area contributed by atoms with Crippen LogP contribution in [0.4, 0.5) is 0 Å². The summed E-state index contributed by atoms with van der Waals surface area (Å²) in [6.07, 6.45) is 39.7. The Bertz CT molecular complexity index is 4910. The quantitative estimate of drug-likeness (QED) is 0.0210. The Morgan fingerprint density at radius 3 is 1.09 bits per heavy atom. The zero-order valence-electron chi connectivity index (χ0n) is 61.6. The van der Waals surface area contributed by atoms with Gasteiger partial charge in [0.25, 0.3) is 0 Å². The number of hydrogen-bond donors (Lipinski definition) is 0. The number of rotatable bonds is 38. The van der Waals surface area contributed by atoms with Gasteiger partial charge in [0, 0.05) is 67.0 Å². The molecule has 12 rings (SSSR count). The second kappa shape index (κ2) is 36.4. The lowest BCUT2D eigenvalue weighted by atomic mass is 9.94. The van der Waals surface area contributed by atoms with Gasteiger partial charge < -0.3 is 9.13 Å². The zero-order valence-corrected chi connectivity index (χ0v) is 68.7. The van der Waals surface area contributed by atoms with Crippen molar-refractivity contribution >= 4 is 210 Å². The first-order valence-corrected chi connectivity index (χ1v) is 44.4. The van der Waals surface area contributed by atoms with Crippen molar-refractivity contribution in [1.29, 1.82) is 21.0 Å². The molecule has 0 fully saturated rings. The van der Waals surface area contributed by atoms with Gasteiger partial charge in [0.2, 0.25) is 0 Å². The highest BCUT2D eigenvalue weighted by molar-refractivity contribution is 7.34. The van der Waals surface area contributed by atoms with Gasteiger partial charge in [-0.2, -0.15) is 29.8 Å². The van der Waals surface area contributed by atoms with E-state index < -0.39 is 0 Å².